The van der Waals surface area contributed by atoms with Crippen LogP contribution < -0.4 is 10.6 Å². The normalized spacial score (nSPS) is 10.8. The summed E-state index contributed by atoms with van der Waals surface area (Å²) in [5, 5.41) is 8.12. The van der Waals surface area contributed by atoms with Crippen LogP contribution in [0.1, 0.15) is 0 Å². The molecule has 0 radical (unpaired) electrons. The van der Waals surface area contributed by atoms with Crippen LogP contribution >= 0.6 is 11.3 Å². The van der Waals surface area contributed by atoms with E-state index < -0.39 is 10.1 Å². The van der Waals surface area contributed by atoms with Crippen molar-refractivity contribution in [3.63, 3.8) is 0 Å². The number of hydrogen-bond acceptors (Lipinski definition) is 7. The number of nitrogens with two attached hydrogens (primary N) is 1. The molecule has 1 rings (SSSR count). The fourth-order valence-corrected chi connectivity index (χ4v) is 1.83. The molecule has 0 aliphatic carbocycles. The van der Waals surface area contributed by atoms with Gasteiger partial charge in [0.25, 0.3) is 10.1 Å². The molecule has 0 aromatic carbocycles. The van der Waals surface area contributed by atoms with Gasteiger partial charge in [-0.25, -0.2) is 0 Å². The van der Waals surface area contributed by atoms with E-state index in [-0.39, 0.29) is 41.9 Å². The summed E-state index contributed by atoms with van der Waals surface area (Å²) in [6, 6.07) is 0. The van der Waals surface area contributed by atoms with Crippen LogP contribution in [0.3, 0.4) is 0 Å². The predicted molar refractivity (Wildman–Crippen MR) is 61.2 cm³/mol. The molecule has 0 atom stereocenters. The summed E-state index contributed by atoms with van der Waals surface area (Å²) < 4.78 is 29.4. The SMILES string of the molecule is CN(CCS(=O)(=O)O)c1nnc(N)s1.[NaH]. The number of nitrogens with zero attached hydrogens (tertiary/aromatic N) is 3. The average molecular weight is 262 g/mol. The van der Waals surface area contributed by atoms with Gasteiger partial charge < -0.3 is 10.6 Å². The van der Waals surface area contributed by atoms with Gasteiger partial charge in [-0.1, -0.05) is 11.3 Å². The van der Waals surface area contributed by atoms with Crippen molar-refractivity contribution in [3.8, 4) is 0 Å². The summed E-state index contributed by atoms with van der Waals surface area (Å²) in [5.74, 6) is -0.344. The van der Waals surface area contributed by atoms with E-state index in [1.54, 1.807) is 11.9 Å². The monoisotopic (exact) mass is 262 g/mol. The van der Waals surface area contributed by atoms with Crippen molar-refractivity contribution in [1.29, 1.82) is 0 Å². The Hall–Kier alpha value is 0.0700. The summed E-state index contributed by atoms with van der Waals surface area (Å²) in [7, 11) is -2.29. The van der Waals surface area contributed by atoms with E-state index in [0.29, 0.717) is 10.3 Å². The molecule has 15 heavy (non-hydrogen) atoms. The summed E-state index contributed by atoms with van der Waals surface area (Å²) in [6.07, 6.45) is 0. The van der Waals surface area contributed by atoms with Crippen molar-refractivity contribution in [1.82, 2.24) is 10.2 Å². The number of hydrogen-bond donors (Lipinski definition) is 2. The summed E-state index contributed by atoms with van der Waals surface area (Å²) in [4.78, 5) is 1.56. The van der Waals surface area contributed by atoms with Crippen molar-refractivity contribution in [3.05, 3.63) is 0 Å². The number of rotatable bonds is 4. The maximum absolute atomic E-state index is 10.4. The Balaban J connectivity index is 0.00000196. The van der Waals surface area contributed by atoms with Gasteiger partial charge in [-0.05, 0) is 0 Å². The Morgan fingerprint density at radius 2 is 2.13 bits per heavy atom. The quantitative estimate of drug-likeness (QED) is 0.518. The van der Waals surface area contributed by atoms with Crippen LogP contribution in [-0.2, 0) is 10.1 Å². The first-order valence-corrected chi connectivity index (χ1v) is 6.06. The van der Waals surface area contributed by atoms with Crippen LogP contribution in [0.5, 0.6) is 0 Å². The maximum atomic E-state index is 10.4. The topological polar surface area (TPSA) is 109 Å². The fraction of sp³-hybridized carbons (Fsp3) is 0.600. The molecule has 0 saturated carbocycles. The average Bonchev–Trinajstić information content (AvgIpc) is 2.46. The fourth-order valence-electron chi connectivity index (χ4n) is 0.729. The first kappa shape index (κ1) is 15.1. The van der Waals surface area contributed by atoms with Crippen LogP contribution in [0.15, 0.2) is 0 Å². The number of anilines is 2. The minimum atomic E-state index is -3.94. The van der Waals surface area contributed by atoms with Gasteiger partial charge in [0.05, 0.1) is 5.75 Å². The Morgan fingerprint density at radius 1 is 1.53 bits per heavy atom. The second kappa shape index (κ2) is 5.97. The van der Waals surface area contributed by atoms with E-state index in [9.17, 15) is 8.42 Å². The van der Waals surface area contributed by atoms with E-state index in [4.69, 9.17) is 10.3 Å². The molecule has 1 heterocycles. The first-order chi connectivity index (χ1) is 6.38. The van der Waals surface area contributed by atoms with Gasteiger partial charge in [-0.2, -0.15) is 8.42 Å². The molecule has 0 saturated heterocycles. The van der Waals surface area contributed by atoms with Gasteiger partial charge in [0.2, 0.25) is 10.3 Å². The Kier molecular flexibility index (Phi) is 5.99. The van der Waals surface area contributed by atoms with E-state index in [2.05, 4.69) is 10.2 Å². The van der Waals surface area contributed by atoms with Crippen molar-refractivity contribution in [2.24, 2.45) is 0 Å². The van der Waals surface area contributed by atoms with Gasteiger partial charge in [-0.3, -0.25) is 4.55 Å². The van der Waals surface area contributed by atoms with Crippen LogP contribution in [-0.4, -0.2) is 72.1 Å². The second-order valence-electron chi connectivity index (χ2n) is 2.63. The van der Waals surface area contributed by atoms with Gasteiger partial charge in [0.15, 0.2) is 0 Å². The molecule has 0 amide bonds. The molecule has 7 nitrogen and oxygen atoms in total. The number of nitrogen functional groups attached to an aromatic ring is 1. The summed E-state index contributed by atoms with van der Waals surface area (Å²) >= 11 is 1.15. The standard InChI is InChI=1S/C5H10N4O3S2.Na.H/c1-9(2-3-14(10,11)12)5-8-7-4(6)13-5;;/h2-3H2,1H3,(H2,6,7)(H,10,11,12);;. The van der Waals surface area contributed by atoms with Crippen molar-refractivity contribution >= 4 is 61.3 Å². The van der Waals surface area contributed by atoms with Crippen LogP contribution in [0, 0.1) is 0 Å². The van der Waals surface area contributed by atoms with E-state index in [1.165, 1.54) is 0 Å². The van der Waals surface area contributed by atoms with Crippen LogP contribution in [0.2, 0.25) is 0 Å². The van der Waals surface area contributed by atoms with Crippen molar-refractivity contribution in [2.45, 2.75) is 0 Å². The zero-order valence-electron chi connectivity index (χ0n) is 7.41. The third-order valence-corrected chi connectivity index (χ3v) is 3.01. The summed E-state index contributed by atoms with van der Waals surface area (Å²) in [5.41, 5.74) is 5.35. The molecular weight excluding hydrogens is 251 g/mol. The van der Waals surface area contributed by atoms with E-state index in [0.717, 1.165) is 11.3 Å². The Bertz CT molecular complexity index is 406. The molecule has 1 aromatic heterocycles. The van der Waals surface area contributed by atoms with Crippen LogP contribution in [0.25, 0.3) is 0 Å². The number of aromatic nitrogens is 2. The van der Waals surface area contributed by atoms with Gasteiger partial charge in [0, 0.05) is 13.6 Å². The molecule has 0 unspecified atom stereocenters. The molecule has 0 aliphatic rings. The molecule has 0 aliphatic heterocycles. The Labute approximate surface area is 114 Å². The molecule has 82 valence electrons. The molecular formula is C5H11N4NaO3S2. The Morgan fingerprint density at radius 3 is 2.53 bits per heavy atom. The molecule has 1 aromatic rings. The zero-order chi connectivity index (χ0) is 10.8. The van der Waals surface area contributed by atoms with Gasteiger partial charge in [0.1, 0.15) is 0 Å². The molecule has 0 fully saturated rings. The van der Waals surface area contributed by atoms with Gasteiger partial charge in [-0.15, -0.1) is 10.2 Å². The van der Waals surface area contributed by atoms with E-state index in [1.807, 2.05) is 0 Å². The second-order valence-corrected chi connectivity index (χ2v) is 5.19. The third kappa shape index (κ3) is 5.64. The predicted octanol–water partition coefficient (Wildman–Crippen LogP) is -1.20. The van der Waals surface area contributed by atoms with Crippen molar-refractivity contribution in [2.75, 3.05) is 30.0 Å². The summed E-state index contributed by atoms with van der Waals surface area (Å²) in [6.45, 7) is 0.146. The van der Waals surface area contributed by atoms with Crippen LogP contribution in [0.4, 0.5) is 10.3 Å². The van der Waals surface area contributed by atoms with E-state index >= 15 is 0 Å². The molecule has 0 bridgehead atoms. The molecule has 3 N–H and O–H groups in total. The van der Waals surface area contributed by atoms with Gasteiger partial charge >= 0.3 is 29.6 Å². The zero-order valence-corrected chi connectivity index (χ0v) is 9.05. The molecule has 0 spiro atoms. The first-order valence-electron chi connectivity index (χ1n) is 3.64. The molecule has 10 heteroatoms. The van der Waals surface area contributed by atoms with Crippen molar-refractivity contribution < 1.29 is 13.0 Å². The third-order valence-electron chi connectivity index (χ3n) is 1.44. The minimum absolute atomic E-state index is 0.